The van der Waals surface area contributed by atoms with Crippen molar-refractivity contribution in [3.63, 3.8) is 0 Å². The first-order chi connectivity index (χ1) is 5.78. The fraction of sp³-hybridized carbons (Fsp3) is 1.00. The van der Waals surface area contributed by atoms with Gasteiger partial charge in [0.1, 0.15) is 0 Å². The first-order valence-electron chi connectivity index (χ1n) is 4.95. The molecule has 2 atom stereocenters. The zero-order valence-electron chi connectivity index (χ0n) is 9.89. The summed E-state index contributed by atoms with van der Waals surface area (Å²) in [5, 5.41) is 3.44. The predicted molar refractivity (Wildman–Crippen MR) is 58.9 cm³/mol. The summed E-state index contributed by atoms with van der Waals surface area (Å²) in [6, 6.07) is 0.661. The van der Waals surface area contributed by atoms with E-state index in [1.165, 1.54) is 0 Å². The fourth-order valence-electron chi connectivity index (χ4n) is 1.000. The van der Waals surface area contributed by atoms with Crippen LogP contribution in [-0.2, 0) is 0 Å². The van der Waals surface area contributed by atoms with Crippen molar-refractivity contribution < 1.29 is 0 Å². The molecule has 0 aromatic rings. The highest BCUT2D eigenvalue weighted by atomic mass is 15.2. The number of rotatable bonds is 5. The molecule has 80 valence electrons. The Labute approximate surface area is 82.7 Å². The van der Waals surface area contributed by atoms with Crippen LogP contribution in [0.3, 0.4) is 0 Å². The number of nitrogens with zero attached hydrogens (tertiary/aromatic N) is 1. The molecule has 3 nitrogen and oxygen atoms in total. The van der Waals surface area contributed by atoms with Gasteiger partial charge in [0.2, 0.25) is 0 Å². The Kier molecular flexibility index (Phi) is 4.89. The summed E-state index contributed by atoms with van der Waals surface area (Å²) in [4.78, 5) is 2.23. The van der Waals surface area contributed by atoms with Crippen LogP contribution < -0.4 is 11.1 Å². The third-order valence-corrected chi connectivity index (χ3v) is 2.96. The molecule has 2 unspecified atom stereocenters. The smallest absolute Gasteiger partial charge is 0.0297 e. The minimum absolute atomic E-state index is 0.162. The molecule has 0 amide bonds. The summed E-state index contributed by atoms with van der Waals surface area (Å²) >= 11 is 0. The second-order valence-electron chi connectivity index (χ2n) is 4.66. The van der Waals surface area contributed by atoms with E-state index >= 15 is 0 Å². The summed E-state index contributed by atoms with van der Waals surface area (Å²) in [6.07, 6.45) is 0. The molecule has 0 fully saturated rings. The molecule has 0 aliphatic heterocycles. The SMILES string of the molecule is CC(N)CNC(C)C(C)(C)N(C)C. The molecular weight excluding hydrogens is 162 g/mol. The van der Waals surface area contributed by atoms with E-state index in [2.05, 4.69) is 45.1 Å². The molecule has 0 bridgehead atoms. The average molecular weight is 187 g/mol. The molecule has 0 spiro atoms. The highest BCUT2D eigenvalue weighted by Crippen LogP contribution is 2.14. The lowest BCUT2D eigenvalue weighted by Gasteiger charge is -2.39. The predicted octanol–water partition coefficient (Wildman–Crippen LogP) is 0.652. The first-order valence-corrected chi connectivity index (χ1v) is 4.95. The van der Waals surface area contributed by atoms with Gasteiger partial charge in [-0.3, -0.25) is 0 Å². The van der Waals surface area contributed by atoms with Crippen LogP contribution in [-0.4, -0.2) is 43.2 Å². The summed E-state index contributed by atoms with van der Waals surface area (Å²) in [5.74, 6) is 0. The van der Waals surface area contributed by atoms with Gasteiger partial charge >= 0.3 is 0 Å². The largest absolute Gasteiger partial charge is 0.327 e. The molecule has 0 heterocycles. The van der Waals surface area contributed by atoms with Crippen LogP contribution in [0.2, 0.25) is 0 Å². The molecule has 0 rings (SSSR count). The van der Waals surface area contributed by atoms with Crippen LogP contribution in [0.1, 0.15) is 27.7 Å². The Balaban J connectivity index is 4.01. The lowest BCUT2D eigenvalue weighted by molar-refractivity contribution is 0.145. The monoisotopic (exact) mass is 187 g/mol. The minimum atomic E-state index is 0.162. The molecule has 13 heavy (non-hydrogen) atoms. The molecule has 0 aromatic heterocycles. The van der Waals surface area contributed by atoms with E-state index in [0.717, 1.165) is 6.54 Å². The van der Waals surface area contributed by atoms with Gasteiger partial charge in [-0.25, -0.2) is 0 Å². The van der Waals surface area contributed by atoms with Crippen molar-refractivity contribution in [2.45, 2.75) is 45.3 Å². The fourth-order valence-corrected chi connectivity index (χ4v) is 1.000. The van der Waals surface area contributed by atoms with Gasteiger partial charge in [-0.1, -0.05) is 0 Å². The van der Waals surface area contributed by atoms with Gasteiger partial charge in [0.05, 0.1) is 0 Å². The van der Waals surface area contributed by atoms with Crippen LogP contribution in [0.4, 0.5) is 0 Å². The maximum absolute atomic E-state index is 5.68. The average Bonchev–Trinajstić information content (AvgIpc) is 1.99. The van der Waals surface area contributed by atoms with Crippen LogP contribution in [0.25, 0.3) is 0 Å². The number of nitrogens with two attached hydrogens (primary N) is 1. The van der Waals surface area contributed by atoms with Gasteiger partial charge in [0.25, 0.3) is 0 Å². The number of likely N-dealkylation sites (N-methyl/N-ethyl adjacent to an activating group) is 1. The van der Waals surface area contributed by atoms with E-state index in [0.29, 0.717) is 6.04 Å². The molecule has 0 saturated carbocycles. The van der Waals surface area contributed by atoms with Crippen LogP contribution in [0.15, 0.2) is 0 Å². The van der Waals surface area contributed by atoms with E-state index in [1.807, 2.05) is 6.92 Å². The van der Waals surface area contributed by atoms with Gasteiger partial charge in [0, 0.05) is 24.2 Å². The van der Waals surface area contributed by atoms with E-state index < -0.39 is 0 Å². The standard InChI is InChI=1S/C10H25N3/c1-8(11)7-12-9(2)10(3,4)13(5)6/h8-9,12H,7,11H2,1-6H3. The van der Waals surface area contributed by atoms with Gasteiger partial charge in [-0.05, 0) is 41.8 Å². The van der Waals surface area contributed by atoms with Gasteiger partial charge in [0.15, 0.2) is 0 Å². The topological polar surface area (TPSA) is 41.3 Å². The molecule has 0 saturated heterocycles. The highest BCUT2D eigenvalue weighted by molar-refractivity contribution is 4.88. The van der Waals surface area contributed by atoms with Gasteiger partial charge in [-0.15, -0.1) is 0 Å². The van der Waals surface area contributed by atoms with E-state index in [1.54, 1.807) is 0 Å². The zero-order valence-corrected chi connectivity index (χ0v) is 9.89. The Morgan fingerprint density at radius 3 is 2.08 bits per heavy atom. The van der Waals surface area contributed by atoms with Crippen LogP contribution in [0.5, 0.6) is 0 Å². The number of hydrogen-bond donors (Lipinski definition) is 2. The van der Waals surface area contributed by atoms with E-state index in [4.69, 9.17) is 5.73 Å². The Bertz CT molecular complexity index is 141. The summed E-state index contributed by atoms with van der Waals surface area (Å²) in [5.41, 5.74) is 5.85. The number of nitrogens with one attached hydrogen (secondary N) is 1. The second-order valence-corrected chi connectivity index (χ2v) is 4.66. The van der Waals surface area contributed by atoms with Crippen molar-refractivity contribution in [1.29, 1.82) is 0 Å². The van der Waals surface area contributed by atoms with Crippen molar-refractivity contribution in [3.8, 4) is 0 Å². The van der Waals surface area contributed by atoms with E-state index in [9.17, 15) is 0 Å². The Morgan fingerprint density at radius 2 is 1.77 bits per heavy atom. The molecular formula is C10H25N3. The van der Waals surface area contributed by atoms with Gasteiger partial charge in [-0.2, -0.15) is 0 Å². The third-order valence-electron chi connectivity index (χ3n) is 2.96. The molecule has 0 aliphatic rings. The van der Waals surface area contributed by atoms with Crippen molar-refractivity contribution >= 4 is 0 Å². The first kappa shape index (κ1) is 12.9. The van der Waals surface area contributed by atoms with E-state index in [-0.39, 0.29) is 11.6 Å². The summed E-state index contributed by atoms with van der Waals surface area (Å²) in [7, 11) is 4.20. The van der Waals surface area contributed by atoms with Crippen molar-refractivity contribution in [3.05, 3.63) is 0 Å². The Hall–Kier alpha value is -0.120. The second kappa shape index (κ2) is 4.94. The number of hydrogen-bond acceptors (Lipinski definition) is 3. The van der Waals surface area contributed by atoms with Crippen LogP contribution >= 0.6 is 0 Å². The maximum Gasteiger partial charge on any atom is 0.0297 e. The van der Waals surface area contributed by atoms with Crippen molar-refractivity contribution in [1.82, 2.24) is 10.2 Å². The lowest BCUT2D eigenvalue weighted by atomic mass is 9.94. The molecule has 0 aliphatic carbocycles. The normalized spacial score (nSPS) is 17.5. The van der Waals surface area contributed by atoms with Gasteiger partial charge < -0.3 is 16.0 Å². The van der Waals surface area contributed by atoms with Crippen LogP contribution in [0, 0.1) is 0 Å². The summed E-state index contributed by atoms with van der Waals surface area (Å²) in [6.45, 7) is 9.54. The lowest BCUT2D eigenvalue weighted by Crippen LogP contribution is -2.55. The zero-order chi connectivity index (χ0) is 10.6. The maximum atomic E-state index is 5.68. The quantitative estimate of drug-likeness (QED) is 0.664. The van der Waals surface area contributed by atoms with Crippen molar-refractivity contribution in [2.75, 3.05) is 20.6 Å². The molecule has 3 heteroatoms. The Morgan fingerprint density at radius 1 is 1.31 bits per heavy atom. The highest BCUT2D eigenvalue weighted by Gasteiger charge is 2.27. The third kappa shape index (κ3) is 4.07. The van der Waals surface area contributed by atoms with Crippen molar-refractivity contribution in [2.24, 2.45) is 5.73 Å². The summed E-state index contributed by atoms with van der Waals surface area (Å²) < 4.78 is 0. The molecule has 0 radical (unpaired) electrons. The minimum Gasteiger partial charge on any atom is -0.327 e. The molecule has 3 N–H and O–H groups in total. The molecule has 0 aromatic carbocycles.